The van der Waals surface area contributed by atoms with Gasteiger partial charge in [0.05, 0.1) is 23.7 Å². The first kappa shape index (κ1) is 11.8. The summed E-state index contributed by atoms with van der Waals surface area (Å²) in [6.07, 6.45) is -0.266. The van der Waals surface area contributed by atoms with Gasteiger partial charge < -0.3 is 9.47 Å². The number of esters is 1. The van der Waals surface area contributed by atoms with Gasteiger partial charge in [-0.25, -0.2) is 4.79 Å². The van der Waals surface area contributed by atoms with Gasteiger partial charge in [0.1, 0.15) is 11.1 Å². The van der Waals surface area contributed by atoms with Gasteiger partial charge in [-0.3, -0.25) is 10.1 Å². The van der Waals surface area contributed by atoms with Crippen LogP contribution in [0.4, 0.5) is 5.69 Å². The zero-order valence-corrected chi connectivity index (χ0v) is 9.35. The second kappa shape index (κ2) is 4.68. The molecule has 0 aliphatic carbocycles. The van der Waals surface area contributed by atoms with Crippen LogP contribution in [0.1, 0.15) is 10.4 Å². The molecule has 1 saturated heterocycles. The highest BCUT2D eigenvalue weighted by atomic mass is 35.5. The van der Waals surface area contributed by atoms with Gasteiger partial charge in [0.2, 0.25) is 0 Å². The molecule has 90 valence electrons. The number of carbonyl (C=O) groups is 1. The highest BCUT2D eigenvalue weighted by Gasteiger charge is 2.24. The molecule has 1 aliphatic rings. The highest BCUT2D eigenvalue weighted by Crippen LogP contribution is 2.25. The Morgan fingerprint density at radius 2 is 2.24 bits per heavy atom. The van der Waals surface area contributed by atoms with Crippen molar-refractivity contribution in [3.63, 3.8) is 0 Å². The second-order valence-corrected chi connectivity index (χ2v) is 3.90. The van der Waals surface area contributed by atoms with Crippen LogP contribution in [0.5, 0.6) is 0 Å². The third-order valence-electron chi connectivity index (χ3n) is 2.26. The number of nitro benzene ring substituents is 1. The van der Waals surface area contributed by atoms with Crippen molar-refractivity contribution < 1.29 is 19.2 Å². The molecule has 0 bridgehead atoms. The van der Waals surface area contributed by atoms with Crippen LogP contribution in [-0.4, -0.2) is 30.2 Å². The Bertz CT molecular complexity index is 472. The molecule has 0 saturated carbocycles. The lowest BCUT2D eigenvalue weighted by Gasteiger charge is -2.25. The van der Waals surface area contributed by atoms with E-state index in [1.807, 2.05) is 0 Å². The van der Waals surface area contributed by atoms with Gasteiger partial charge in [-0.15, -0.1) is 0 Å². The largest absolute Gasteiger partial charge is 0.454 e. The molecular formula is C10H8ClNO5. The molecule has 2 rings (SSSR count). The van der Waals surface area contributed by atoms with Gasteiger partial charge in [0.25, 0.3) is 5.69 Å². The maximum atomic E-state index is 11.6. The fourth-order valence-corrected chi connectivity index (χ4v) is 1.47. The van der Waals surface area contributed by atoms with Crippen LogP contribution in [0.2, 0.25) is 5.02 Å². The summed E-state index contributed by atoms with van der Waals surface area (Å²) >= 11 is 5.63. The first-order valence-electron chi connectivity index (χ1n) is 4.80. The van der Waals surface area contributed by atoms with Crippen molar-refractivity contribution in [1.29, 1.82) is 0 Å². The Balaban J connectivity index is 2.17. The zero-order valence-electron chi connectivity index (χ0n) is 8.59. The van der Waals surface area contributed by atoms with Crippen molar-refractivity contribution in [2.45, 2.75) is 6.10 Å². The molecule has 1 fully saturated rings. The summed E-state index contributed by atoms with van der Waals surface area (Å²) in [5.74, 6) is -0.613. The third kappa shape index (κ3) is 2.54. The molecule has 0 spiro atoms. The van der Waals surface area contributed by atoms with Gasteiger partial charge in [-0.2, -0.15) is 0 Å². The van der Waals surface area contributed by atoms with Crippen molar-refractivity contribution in [1.82, 2.24) is 0 Å². The molecule has 6 nitrogen and oxygen atoms in total. The summed E-state index contributed by atoms with van der Waals surface area (Å²) in [7, 11) is 0. The van der Waals surface area contributed by atoms with Gasteiger partial charge in [-0.1, -0.05) is 11.6 Å². The number of halogens is 1. The average molecular weight is 258 g/mol. The Morgan fingerprint density at radius 3 is 2.76 bits per heavy atom. The minimum atomic E-state index is -0.647. The Hall–Kier alpha value is -1.66. The smallest absolute Gasteiger partial charge is 0.338 e. The first-order valence-corrected chi connectivity index (χ1v) is 5.18. The molecule has 1 aromatic carbocycles. The van der Waals surface area contributed by atoms with E-state index in [2.05, 4.69) is 0 Å². The standard InChI is InChI=1S/C10H8ClNO5/c11-8-2-1-6(3-9(8)12(14)15)10(13)17-7-4-16-5-7/h1-3,7H,4-5H2. The van der Waals surface area contributed by atoms with E-state index in [-0.39, 0.29) is 22.4 Å². The van der Waals surface area contributed by atoms with E-state index in [0.29, 0.717) is 13.2 Å². The average Bonchev–Trinajstić information content (AvgIpc) is 2.23. The number of hydrogen-bond donors (Lipinski definition) is 0. The van der Waals surface area contributed by atoms with E-state index < -0.39 is 10.9 Å². The number of benzene rings is 1. The maximum absolute atomic E-state index is 11.6. The van der Waals surface area contributed by atoms with E-state index in [4.69, 9.17) is 21.1 Å². The van der Waals surface area contributed by atoms with Crippen LogP contribution < -0.4 is 0 Å². The van der Waals surface area contributed by atoms with Gasteiger partial charge >= 0.3 is 5.97 Å². The molecule has 1 heterocycles. The topological polar surface area (TPSA) is 78.7 Å². The molecule has 0 atom stereocenters. The summed E-state index contributed by atoms with van der Waals surface area (Å²) in [6, 6.07) is 3.79. The predicted molar refractivity (Wildman–Crippen MR) is 58.1 cm³/mol. The van der Waals surface area contributed by atoms with E-state index in [9.17, 15) is 14.9 Å². The van der Waals surface area contributed by atoms with Crippen molar-refractivity contribution >= 4 is 23.3 Å². The monoisotopic (exact) mass is 257 g/mol. The Morgan fingerprint density at radius 1 is 1.53 bits per heavy atom. The SMILES string of the molecule is O=C(OC1COC1)c1ccc(Cl)c([N+](=O)[O-])c1. The van der Waals surface area contributed by atoms with Crippen molar-refractivity contribution in [2.75, 3.05) is 13.2 Å². The lowest BCUT2D eigenvalue weighted by molar-refractivity contribution is -0.384. The van der Waals surface area contributed by atoms with Gasteiger partial charge in [0, 0.05) is 6.07 Å². The molecule has 0 radical (unpaired) electrons. The van der Waals surface area contributed by atoms with Crippen LogP contribution in [0, 0.1) is 10.1 Å². The summed E-state index contributed by atoms with van der Waals surface area (Å²) in [4.78, 5) is 21.6. The molecule has 7 heteroatoms. The summed E-state index contributed by atoms with van der Waals surface area (Å²) in [6.45, 7) is 0.725. The van der Waals surface area contributed by atoms with Gasteiger partial charge in [0.15, 0.2) is 0 Å². The normalized spacial score (nSPS) is 15.1. The predicted octanol–water partition coefficient (Wildman–Crippen LogP) is 1.80. The van der Waals surface area contributed by atoms with Crippen molar-refractivity contribution in [3.05, 3.63) is 38.9 Å². The molecular weight excluding hydrogens is 250 g/mol. The van der Waals surface area contributed by atoms with Crippen LogP contribution in [-0.2, 0) is 9.47 Å². The van der Waals surface area contributed by atoms with Gasteiger partial charge in [-0.05, 0) is 12.1 Å². The number of rotatable bonds is 3. The number of hydrogen-bond acceptors (Lipinski definition) is 5. The zero-order chi connectivity index (χ0) is 12.4. The fraction of sp³-hybridized carbons (Fsp3) is 0.300. The number of nitrogens with zero attached hydrogens (tertiary/aromatic N) is 1. The maximum Gasteiger partial charge on any atom is 0.338 e. The van der Waals surface area contributed by atoms with E-state index in [0.717, 1.165) is 6.07 Å². The van der Waals surface area contributed by atoms with Crippen molar-refractivity contribution in [2.24, 2.45) is 0 Å². The van der Waals surface area contributed by atoms with Crippen molar-refractivity contribution in [3.8, 4) is 0 Å². The molecule has 0 N–H and O–H groups in total. The molecule has 0 unspecified atom stereocenters. The fourth-order valence-electron chi connectivity index (χ4n) is 1.28. The molecule has 0 amide bonds. The van der Waals surface area contributed by atoms with E-state index in [1.54, 1.807) is 0 Å². The van der Waals surface area contributed by atoms with Crippen LogP contribution in [0.25, 0.3) is 0 Å². The second-order valence-electron chi connectivity index (χ2n) is 3.49. The van der Waals surface area contributed by atoms with E-state index >= 15 is 0 Å². The number of nitro groups is 1. The minimum absolute atomic E-state index is 0.0153. The molecule has 1 aliphatic heterocycles. The third-order valence-corrected chi connectivity index (χ3v) is 2.58. The van der Waals surface area contributed by atoms with Crippen LogP contribution in [0.15, 0.2) is 18.2 Å². The molecule has 0 aromatic heterocycles. The summed E-state index contributed by atoms with van der Waals surface area (Å²) in [5.41, 5.74) is -0.209. The highest BCUT2D eigenvalue weighted by molar-refractivity contribution is 6.32. The van der Waals surface area contributed by atoms with Crippen LogP contribution in [0.3, 0.4) is 0 Å². The number of carbonyl (C=O) groups excluding carboxylic acids is 1. The Kier molecular flexibility index (Phi) is 3.26. The quantitative estimate of drug-likeness (QED) is 0.469. The first-order chi connectivity index (χ1) is 8.08. The van der Waals surface area contributed by atoms with Crippen LogP contribution >= 0.6 is 11.6 Å². The molecule has 17 heavy (non-hydrogen) atoms. The lowest BCUT2D eigenvalue weighted by Crippen LogP contribution is -2.37. The minimum Gasteiger partial charge on any atom is -0.454 e. The number of ether oxygens (including phenoxy) is 2. The molecule has 1 aromatic rings. The van der Waals surface area contributed by atoms with E-state index in [1.165, 1.54) is 12.1 Å². The Labute approximate surface area is 101 Å². The lowest BCUT2D eigenvalue weighted by atomic mass is 10.2. The summed E-state index contributed by atoms with van der Waals surface area (Å²) in [5, 5.41) is 10.6. The summed E-state index contributed by atoms with van der Waals surface area (Å²) < 4.78 is 9.86.